The zero-order valence-electron chi connectivity index (χ0n) is 11.2. The molecule has 2 aromatic rings. The zero-order chi connectivity index (χ0) is 15.0. The van der Waals surface area contributed by atoms with Gasteiger partial charge in [0.15, 0.2) is 5.58 Å². The third-order valence-electron chi connectivity index (χ3n) is 3.60. The largest absolute Gasteiger partial charge is 0.480 e. The highest BCUT2D eigenvalue weighted by Crippen LogP contribution is 2.18. The average molecular weight is 290 g/mol. The molecule has 1 aromatic heterocycles. The van der Waals surface area contributed by atoms with Crippen LogP contribution in [-0.4, -0.2) is 39.5 Å². The summed E-state index contributed by atoms with van der Waals surface area (Å²) in [4.78, 5) is 36.5. The lowest BCUT2D eigenvalue weighted by molar-refractivity contribution is -0.137. The Morgan fingerprint density at radius 2 is 1.95 bits per heavy atom. The van der Waals surface area contributed by atoms with Crippen molar-refractivity contribution in [2.24, 2.45) is 0 Å². The van der Waals surface area contributed by atoms with Gasteiger partial charge in [-0.1, -0.05) is 0 Å². The molecule has 0 atom stereocenters. The minimum atomic E-state index is -1.14. The van der Waals surface area contributed by atoms with Gasteiger partial charge in [-0.3, -0.25) is 14.2 Å². The second-order valence-corrected chi connectivity index (χ2v) is 5.03. The summed E-state index contributed by atoms with van der Waals surface area (Å²) in [5.41, 5.74) is 1.04. The number of fused-ring (bicyclic) bond motifs is 1. The number of carbonyl (C=O) groups is 2. The van der Waals surface area contributed by atoms with Gasteiger partial charge in [0, 0.05) is 18.7 Å². The molecule has 7 heteroatoms. The van der Waals surface area contributed by atoms with Crippen molar-refractivity contribution in [3.8, 4) is 0 Å². The number of oxazole rings is 1. The van der Waals surface area contributed by atoms with Crippen LogP contribution in [0, 0.1) is 0 Å². The van der Waals surface area contributed by atoms with Crippen LogP contribution in [0.5, 0.6) is 0 Å². The Morgan fingerprint density at radius 3 is 2.62 bits per heavy atom. The van der Waals surface area contributed by atoms with Crippen molar-refractivity contribution >= 4 is 23.0 Å². The predicted octanol–water partition coefficient (Wildman–Crippen LogP) is 0.915. The maximum absolute atomic E-state index is 12.3. The van der Waals surface area contributed by atoms with Gasteiger partial charge < -0.3 is 14.4 Å². The van der Waals surface area contributed by atoms with Crippen LogP contribution in [0.15, 0.2) is 27.4 Å². The molecule has 110 valence electrons. The first-order valence-corrected chi connectivity index (χ1v) is 6.71. The van der Waals surface area contributed by atoms with Crippen molar-refractivity contribution in [3.63, 3.8) is 0 Å². The van der Waals surface area contributed by atoms with Crippen molar-refractivity contribution in [3.05, 3.63) is 34.3 Å². The number of aromatic nitrogens is 1. The molecule has 3 rings (SSSR count). The highest BCUT2D eigenvalue weighted by molar-refractivity contribution is 5.97. The number of rotatable bonds is 3. The summed E-state index contributed by atoms with van der Waals surface area (Å²) >= 11 is 0. The Balaban J connectivity index is 2.03. The summed E-state index contributed by atoms with van der Waals surface area (Å²) in [6, 6.07) is 4.64. The first-order valence-electron chi connectivity index (χ1n) is 6.71. The summed E-state index contributed by atoms with van der Waals surface area (Å²) in [7, 11) is 0. The van der Waals surface area contributed by atoms with Crippen LogP contribution in [0.2, 0.25) is 0 Å². The highest BCUT2D eigenvalue weighted by atomic mass is 16.4. The zero-order valence-corrected chi connectivity index (χ0v) is 11.2. The van der Waals surface area contributed by atoms with Crippen LogP contribution in [0.1, 0.15) is 23.2 Å². The van der Waals surface area contributed by atoms with E-state index < -0.39 is 18.3 Å². The van der Waals surface area contributed by atoms with Gasteiger partial charge in [-0.05, 0) is 31.0 Å². The Labute approximate surface area is 119 Å². The summed E-state index contributed by atoms with van der Waals surface area (Å²) in [5.74, 6) is -1.99. The van der Waals surface area contributed by atoms with Crippen molar-refractivity contribution in [2.45, 2.75) is 19.4 Å². The topological polar surface area (TPSA) is 92.7 Å². The number of carboxylic acids is 1. The van der Waals surface area contributed by atoms with E-state index >= 15 is 0 Å². The number of aliphatic carboxylic acids is 1. The Morgan fingerprint density at radius 1 is 1.24 bits per heavy atom. The second kappa shape index (κ2) is 5.08. The number of likely N-dealkylation sites (tertiary alicyclic amines) is 1. The summed E-state index contributed by atoms with van der Waals surface area (Å²) in [6.07, 6.45) is 1.98. The molecule has 0 spiro atoms. The highest BCUT2D eigenvalue weighted by Gasteiger charge is 2.21. The first-order chi connectivity index (χ1) is 10.1. The van der Waals surface area contributed by atoms with Crippen molar-refractivity contribution in [2.75, 3.05) is 13.1 Å². The number of hydrogen-bond donors (Lipinski definition) is 1. The van der Waals surface area contributed by atoms with Crippen molar-refractivity contribution in [1.29, 1.82) is 0 Å². The molecule has 1 amide bonds. The summed E-state index contributed by atoms with van der Waals surface area (Å²) in [5, 5.41) is 8.84. The second-order valence-electron chi connectivity index (χ2n) is 5.03. The van der Waals surface area contributed by atoms with E-state index in [0.717, 1.165) is 30.5 Å². The maximum atomic E-state index is 12.3. The van der Waals surface area contributed by atoms with Crippen LogP contribution < -0.4 is 5.76 Å². The quantitative estimate of drug-likeness (QED) is 0.907. The van der Waals surface area contributed by atoms with E-state index in [2.05, 4.69) is 0 Å². The predicted molar refractivity (Wildman–Crippen MR) is 73.2 cm³/mol. The molecule has 0 unspecified atom stereocenters. The van der Waals surface area contributed by atoms with Gasteiger partial charge in [0.05, 0.1) is 5.52 Å². The van der Waals surface area contributed by atoms with Crippen LogP contribution in [-0.2, 0) is 11.3 Å². The van der Waals surface area contributed by atoms with Gasteiger partial charge in [-0.25, -0.2) is 4.79 Å². The standard InChI is InChI=1S/C14H14N2O5/c17-12(18)8-16-10-7-9(3-4-11(10)21-14(16)20)13(19)15-5-1-2-6-15/h3-4,7H,1-2,5-6,8H2,(H,17,18). The Kier molecular flexibility index (Phi) is 3.25. The van der Waals surface area contributed by atoms with Gasteiger partial charge in [0.25, 0.3) is 5.91 Å². The molecule has 1 aliphatic heterocycles. The molecule has 7 nitrogen and oxygen atoms in total. The molecule has 0 radical (unpaired) electrons. The smallest absolute Gasteiger partial charge is 0.420 e. The molecule has 1 saturated heterocycles. The molecular formula is C14H14N2O5. The third-order valence-corrected chi connectivity index (χ3v) is 3.60. The van der Waals surface area contributed by atoms with Crippen LogP contribution >= 0.6 is 0 Å². The average Bonchev–Trinajstić information content (AvgIpc) is 3.07. The minimum Gasteiger partial charge on any atom is -0.480 e. The number of carbonyl (C=O) groups excluding carboxylic acids is 1. The molecule has 0 aliphatic carbocycles. The third kappa shape index (κ3) is 2.42. The fourth-order valence-corrected chi connectivity index (χ4v) is 2.58. The van der Waals surface area contributed by atoms with E-state index in [4.69, 9.17) is 9.52 Å². The van der Waals surface area contributed by atoms with Gasteiger partial charge in [-0.2, -0.15) is 0 Å². The van der Waals surface area contributed by atoms with Gasteiger partial charge in [0.1, 0.15) is 6.54 Å². The van der Waals surface area contributed by atoms with Crippen LogP contribution in [0.3, 0.4) is 0 Å². The van der Waals surface area contributed by atoms with E-state index in [-0.39, 0.29) is 11.5 Å². The molecule has 0 bridgehead atoms. The molecule has 2 heterocycles. The molecule has 1 aromatic carbocycles. The first kappa shape index (κ1) is 13.4. The van der Waals surface area contributed by atoms with E-state index in [1.165, 1.54) is 12.1 Å². The SMILES string of the molecule is O=C(O)Cn1c(=O)oc2ccc(C(=O)N3CCCC3)cc21. The Bertz CT molecular complexity index is 767. The fourth-order valence-electron chi connectivity index (χ4n) is 2.58. The molecular weight excluding hydrogens is 276 g/mol. The summed E-state index contributed by atoms with van der Waals surface area (Å²) in [6.45, 7) is 0.960. The minimum absolute atomic E-state index is 0.107. The lowest BCUT2D eigenvalue weighted by Gasteiger charge is -2.15. The number of benzene rings is 1. The lowest BCUT2D eigenvalue weighted by Crippen LogP contribution is -2.27. The molecule has 21 heavy (non-hydrogen) atoms. The van der Waals surface area contributed by atoms with Crippen molar-refractivity contribution < 1.29 is 19.1 Å². The Hall–Kier alpha value is -2.57. The van der Waals surface area contributed by atoms with E-state index in [1.807, 2.05) is 0 Å². The van der Waals surface area contributed by atoms with E-state index in [0.29, 0.717) is 11.1 Å². The van der Waals surface area contributed by atoms with Gasteiger partial charge >= 0.3 is 11.7 Å². The normalized spacial score (nSPS) is 14.8. The van der Waals surface area contributed by atoms with E-state index in [9.17, 15) is 14.4 Å². The number of amides is 1. The molecule has 0 saturated carbocycles. The number of hydrogen-bond acceptors (Lipinski definition) is 4. The number of nitrogens with zero attached hydrogens (tertiary/aromatic N) is 2. The molecule has 1 fully saturated rings. The lowest BCUT2D eigenvalue weighted by atomic mass is 10.2. The van der Waals surface area contributed by atoms with Crippen LogP contribution in [0.25, 0.3) is 11.1 Å². The molecule has 1 aliphatic rings. The summed E-state index contributed by atoms with van der Waals surface area (Å²) < 4.78 is 5.99. The molecule has 1 N–H and O–H groups in total. The number of carboxylic acid groups (broad SMARTS) is 1. The van der Waals surface area contributed by atoms with Gasteiger partial charge in [-0.15, -0.1) is 0 Å². The van der Waals surface area contributed by atoms with Gasteiger partial charge in [0.2, 0.25) is 0 Å². The fraction of sp³-hybridized carbons (Fsp3) is 0.357. The maximum Gasteiger partial charge on any atom is 0.420 e. The van der Waals surface area contributed by atoms with Crippen LogP contribution in [0.4, 0.5) is 0 Å². The van der Waals surface area contributed by atoms with E-state index in [1.54, 1.807) is 11.0 Å². The monoisotopic (exact) mass is 290 g/mol. The van der Waals surface area contributed by atoms with Crippen molar-refractivity contribution in [1.82, 2.24) is 9.47 Å².